The van der Waals surface area contributed by atoms with Gasteiger partial charge >= 0.3 is 65.1 Å². The first-order chi connectivity index (χ1) is 19.6. The number of carboxylic acids is 1. The first-order valence-electron chi connectivity index (χ1n) is 14.1. The van der Waals surface area contributed by atoms with Crippen molar-refractivity contribution >= 4 is 52.4 Å². The van der Waals surface area contributed by atoms with E-state index in [1.165, 1.54) is 5.56 Å². The van der Waals surface area contributed by atoms with E-state index >= 15 is 0 Å². The van der Waals surface area contributed by atoms with E-state index in [0.717, 1.165) is 64.7 Å². The molecular weight excluding hydrogens is 596 g/mol. The Kier molecular flexibility index (Phi) is 13.5. The summed E-state index contributed by atoms with van der Waals surface area (Å²) in [7, 11) is 0. The zero-order valence-electron chi connectivity index (χ0n) is 27.5. The molecule has 216 valence electrons. The molecule has 1 heterocycles. The van der Waals surface area contributed by atoms with Crippen LogP contribution >= 0.6 is 23.4 Å². The number of aliphatic hydroxyl groups is 1. The minimum atomic E-state index is -0.911. The zero-order valence-corrected chi connectivity index (χ0v) is 31.1. The van der Waals surface area contributed by atoms with E-state index < -0.39 is 11.6 Å². The summed E-state index contributed by atoms with van der Waals surface area (Å²) in [5.41, 5.74) is 5.15. The molecule has 0 radical (unpaired) electrons. The van der Waals surface area contributed by atoms with Gasteiger partial charge < -0.3 is 13.1 Å². The van der Waals surface area contributed by atoms with Crippen LogP contribution in [0, 0.1) is 5.41 Å². The topological polar surface area (TPSA) is 70.4 Å². The van der Waals surface area contributed by atoms with Gasteiger partial charge in [0.1, 0.15) is 0 Å². The molecule has 4 aromatic rings. The number of hydrogen-bond donors (Lipinski definition) is 2. The van der Waals surface area contributed by atoms with Crippen molar-refractivity contribution in [3.05, 3.63) is 112 Å². The Bertz CT molecular complexity index is 1590. The maximum Gasteiger partial charge on any atom is 1.00 e. The molecule has 0 spiro atoms. The fourth-order valence-corrected chi connectivity index (χ4v) is 7.09. The van der Waals surface area contributed by atoms with Crippen LogP contribution in [0.3, 0.4) is 0 Å². The van der Waals surface area contributed by atoms with Gasteiger partial charge in [0.25, 0.3) is 0 Å². The van der Waals surface area contributed by atoms with Gasteiger partial charge in [0.15, 0.2) is 0 Å². The fourth-order valence-electron chi connectivity index (χ4n) is 5.36. The predicted octanol–water partition coefficient (Wildman–Crippen LogP) is 3.18. The fraction of sp³-hybridized carbons (Fsp3) is 0.314. The molecular formula is C35H38ClNNa2O3S. The Hall–Kier alpha value is -1.12. The summed E-state index contributed by atoms with van der Waals surface area (Å²) >= 11 is 8.04. The first-order valence-corrected chi connectivity index (χ1v) is 15.5. The van der Waals surface area contributed by atoms with Crippen LogP contribution in [0.25, 0.3) is 23.1 Å². The van der Waals surface area contributed by atoms with Crippen LogP contribution in [0.15, 0.2) is 78.9 Å². The minimum absolute atomic E-state index is 0. The van der Waals surface area contributed by atoms with Crippen LogP contribution in [0.2, 0.25) is 5.02 Å². The molecule has 1 aromatic heterocycles. The summed E-state index contributed by atoms with van der Waals surface area (Å²) in [6.07, 6.45) is 8.02. The predicted molar refractivity (Wildman–Crippen MR) is 173 cm³/mol. The third kappa shape index (κ3) is 10.2. The van der Waals surface area contributed by atoms with Gasteiger partial charge in [0, 0.05) is 21.4 Å². The van der Waals surface area contributed by atoms with Crippen LogP contribution in [-0.4, -0.2) is 26.9 Å². The molecule has 1 unspecified atom stereocenters. The summed E-state index contributed by atoms with van der Waals surface area (Å²) in [5, 5.41) is 22.1. The maximum atomic E-state index is 11.5. The second-order valence-corrected chi connectivity index (χ2v) is 13.3. The van der Waals surface area contributed by atoms with E-state index in [1.807, 2.05) is 74.1 Å². The van der Waals surface area contributed by atoms with Gasteiger partial charge in [-0.2, -0.15) is 11.8 Å². The van der Waals surface area contributed by atoms with Gasteiger partial charge in [-0.3, -0.25) is 4.79 Å². The second-order valence-electron chi connectivity index (χ2n) is 11.7. The number of hydrogen-bond acceptors (Lipinski definition) is 4. The molecule has 43 heavy (non-hydrogen) atoms. The number of benzene rings is 3. The van der Waals surface area contributed by atoms with Crippen molar-refractivity contribution in [2.75, 3.05) is 5.75 Å². The summed E-state index contributed by atoms with van der Waals surface area (Å²) < 4.78 is 0. The first kappa shape index (κ1) is 36.3. The molecule has 1 saturated carbocycles. The molecule has 1 atom stereocenters. The molecule has 0 bridgehead atoms. The largest absolute Gasteiger partial charge is 1.00 e. The van der Waals surface area contributed by atoms with Gasteiger partial charge in [0.05, 0.1) is 23.2 Å². The number of aliphatic carboxylic acids is 1. The summed E-state index contributed by atoms with van der Waals surface area (Å²) in [6.45, 7) is 3.66. The number of halogens is 1. The van der Waals surface area contributed by atoms with E-state index in [-0.39, 0.29) is 79.1 Å². The molecule has 3 aromatic carbocycles. The van der Waals surface area contributed by atoms with Crippen LogP contribution in [0.5, 0.6) is 0 Å². The van der Waals surface area contributed by atoms with Gasteiger partial charge in [-0.05, 0) is 91.5 Å². The number of carboxylic acid groups (broad SMARTS) is 1. The van der Waals surface area contributed by atoms with Crippen LogP contribution in [0.1, 0.15) is 75.6 Å². The zero-order chi connectivity index (χ0) is 29.0. The third-order valence-electron chi connectivity index (χ3n) is 7.83. The Labute approximate surface area is 311 Å². The Morgan fingerprint density at radius 1 is 1.05 bits per heavy atom. The molecule has 0 amide bonds. The number of pyridine rings is 1. The van der Waals surface area contributed by atoms with E-state index in [0.29, 0.717) is 5.02 Å². The SMILES string of the molecule is CC(C)(O)c1ccccc1CCC(SCC1(CC(=O)O)CC1)c1cccc(/C=C/c2ccc3ccc(Cl)cc3n2)c1.[H-].[H-].[Na+].[Na+]. The summed E-state index contributed by atoms with van der Waals surface area (Å²) in [5.74, 6) is 0.122. The molecule has 8 heteroatoms. The monoisotopic (exact) mass is 633 g/mol. The van der Waals surface area contributed by atoms with Crippen LogP contribution in [-0.2, 0) is 16.8 Å². The quantitative estimate of drug-likeness (QED) is 0.235. The molecule has 1 fully saturated rings. The molecule has 2 N–H and O–H groups in total. The van der Waals surface area contributed by atoms with Crippen molar-refractivity contribution < 1.29 is 77.0 Å². The van der Waals surface area contributed by atoms with Crippen LogP contribution < -0.4 is 59.1 Å². The Balaban J connectivity index is 0.00000253. The molecule has 1 aliphatic carbocycles. The summed E-state index contributed by atoms with van der Waals surface area (Å²) in [6, 6.07) is 26.5. The summed E-state index contributed by atoms with van der Waals surface area (Å²) in [4.78, 5) is 16.2. The number of aryl methyl sites for hydroxylation is 1. The average molecular weight is 634 g/mol. The number of carbonyl (C=O) groups is 1. The molecule has 0 saturated heterocycles. The molecule has 5 rings (SSSR count). The van der Waals surface area contributed by atoms with E-state index in [1.54, 1.807) is 0 Å². The smallest absolute Gasteiger partial charge is 1.00 e. The van der Waals surface area contributed by atoms with Gasteiger partial charge in [-0.25, -0.2) is 4.98 Å². The van der Waals surface area contributed by atoms with Crippen molar-refractivity contribution in [2.24, 2.45) is 5.41 Å². The standard InChI is InChI=1S/C35H36ClNO3S.2Na.2H/c1-34(2,40)30-9-4-3-7-25(30)13-17-32(41-23-35(18-19-35)22-33(38)39)27-8-5-6-24(20-27)10-15-29-16-12-26-11-14-28(36)21-31(26)37-29;;;;/h3-12,14-16,20-21,32,40H,13,17-19,22-23H2,1-2H3,(H,38,39);;;;/q;2*+1;2*-1/b15-10+;;;;. The Morgan fingerprint density at radius 3 is 2.51 bits per heavy atom. The van der Waals surface area contributed by atoms with Crippen molar-refractivity contribution in [1.29, 1.82) is 0 Å². The third-order valence-corrected chi connectivity index (χ3v) is 9.76. The van der Waals surface area contributed by atoms with Crippen molar-refractivity contribution in [3.8, 4) is 0 Å². The maximum absolute atomic E-state index is 11.5. The number of thioether (sulfide) groups is 1. The number of nitrogens with zero attached hydrogens (tertiary/aromatic N) is 1. The Morgan fingerprint density at radius 2 is 1.79 bits per heavy atom. The van der Waals surface area contributed by atoms with Crippen molar-refractivity contribution in [3.63, 3.8) is 0 Å². The van der Waals surface area contributed by atoms with E-state index in [4.69, 9.17) is 16.6 Å². The van der Waals surface area contributed by atoms with E-state index in [2.05, 4.69) is 42.5 Å². The van der Waals surface area contributed by atoms with Crippen LogP contribution in [0.4, 0.5) is 0 Å². The molecule has 1 aliphatic rings. The minimum Gasteiger partial charge on any atom is -1.00 e. The van der Waals surface area contributed by atoms with E-state index in [9.17, 15) is 15.0 Å². The number of rotatable bonds is 12. The number of aromatic nitrogens is 1. The van der Waals surface area contributed by atoms with Crippen molar-refractivity contribution in [1.82, 2.24) is 4.98 Å². The normalized spacial score (nSPS) is 14.6. The van der Waals surface area contributed by atoms with Gasteiger partial charge in [0.2, 0.25) is 0 Å². The molecule has 0 aliphatic heterocycles. The number of fused-ring (bicyclic) bond motifs is 1. The second kappa shape index (κ2) is 15.9. The van der Waals surface area contributed by atoms with Crippen molar-refractivity contribution in [2.45, 2.75) is 56.8 Å². The van der Waals surface area contributed by atoms with Gasteiger partial charge in [-0.15, -0.1) is 0 Å². The average Bonchev–Trinajstić information content (AvgIpc) is 3.70. The van der Waals surface area contributed by atoms with Gasteiger partial charge in [-0.1, -0.05) is 78.3 Å². The molecule has 4 nitrogen and oxygen atoms in total.